The number of ether oxygens (including phenoxy) is 1. The Morgan fingerprint density at radius 2 is 1.66 bits per heavy atom. The van der Waals surface area contributed by atoms with Crippen molar-refractivity contribution in [3.05, 3.63) is 77.1 Å². The first-order chi connectivity index (χ1) is 15.1. The molecular formula is C21H16ClF3N4O3. The van der Waals surface area contributed by atoms with Crippen LogP contribution in [-0.4, -0.2) is 24.0 Å². The van der Waals surface area contributed by atoms with Gasteiger partial charge in [-0.15, -0.1) is 0 Å². The number of nitrogens with two attached hydrogens (primary N) is 1. The Morgan fingerprint density at radius 3 is 2.19 bits per heavy atom. The van der Waals surface area contributed by atoms with Crippen LogP contribution < -0.4 is 20.7 Å². The summed E-state index contributed by atoms with van der Waals surface area (Å²) < 4.78 is 45.2. The summed E-state index contributed by atoms with van der Waals surface area (Å²) in [7, 11) is 1.49. The highest BCUT2D eigenvalue weighted by atomic mass is 35.5. The standard InChI is InChI=1S/C21H16ClF3N4O3/c1-27-19(30)18-9-7-15(11-28-18)32-14-5-2-12(3-6-14)29(20(26)31)13-4-8-17(22)16(10-13)21(23,24)25/h2-11H,1H3,(H2,26,31)(H,27,30). The number of benzene rings is 2. The van der Waals surface area contributed by atoms with Crippen molar-refractivity contribution < 1.29 is 27.5 Å². The highest BCUT2D eigenvalue weighted by Gasteiger charge is 2.34. The van der Waals surface area contributed by atoms with Crippen molar-refractivity contribution >= 4 is 34.9 Å². The normalized spacial score (nSPS) is 11.0. The summed E-state index contributed by atoms with van der Waals surface area (Å²) in [4.78, 5) is 28.4. The largest absolute Gasteiger partial charge is 0.456 e. The number of carbonyl (C=O) groups is 2. The molecule has 0 unspecified atom stereocenters. The van der Waals surface area contributed by atoms with Crippen molar-refractivity contribution in [1.82, 2.24) is 10.3 Å². The van der Waals surface area contributed by atoms with Crippen LogP contribution in [-0.2, 0) is 6.18 Å². The van der Waals surface area contributed by atoms with Crippen molar-refractivity contribution in [3.63, 3.8) is 0 Å². The van der Waals surface area contributed by atoms with E-state index in [2.05, 4.69) is 10.3 Å². The molecule has 3 amide bonds. The van der Waals surface area contributed by atoms with Crippen LogP contribution in [0.25, 0.3) is 0 Å². The minimum Gasteiger partial charge on any atom is -0.456 e. The van der Waals surface area contributed by atoms with Gasteiger partial charge in [0.1, 0.15) is 17.2 Å². The minimum atomic E-state index is -4.70. The molecule has 166 valence electrons. The van der Waals surface area contributed by atoms with E-state index in [0.717, 1.165) is 17.0 Å². The summed E-state index contributed by atoms with van der Waals surface area (Å²) in [5.74, 6) is 0.368. The van der Waals surface area contributed by atoms with Gasteiger partial charge in [-0.2, -0.15) is 13.2 Å². The van der Waals surface area contributed by atoms with E-state index < -0.39 is 22.8 Å². The number of anilines is 2. The fraction of sp³-hybridized carbons (Fsp3) is 0.0952. The molecule has 0 aliphatic rings. The first kappa shape index (κ1) is 22.9. The number of alkyl halides is 3. The van der Waals surface area contributed by atoms with Crippen molar-refractivity contribution in [2.24, 2.45) is 5.73 Å². The smallest absolute Gasteiger partial charge is 0.417 e. The van der Waals surface area contributed by atoms with Gasteiger partial charge in [-0.1, -0.05) is 11.6 Å². The molecule has 2 aromatic carbocycles. The lowest BCUT2D eigenvalue weighted by Crippen LogP contribution is -2.31. The molecule has 0 saturated carbocycles. The lowest BCUT2D eigenvalue weighted by molar-refractivity contribution is -0.137. The Labute approximate surface area is 185 Å². The Morgan fingerprint density at radius 1 is 1.03 bits per heavy atom. The van der Waals surface area contributed by atoms with Gasteiger partial charge in [-0.25, -0.2) is 9.78 Å². The summed E-state index contributed by atoms with van der Waals surface area (Å²) in [6.45, 7) is 0. The molecule has 0 radical (unpaired) electrons. The molecule has 0 atom stereocenters. The van der Waals surface area contributed by atoms with Crippen molar-refractivity contribution in [3.8, 4) is 11.5 Å². The van der Waals surface area contributed by atoms with Crippen LogP contribution in [0.4, 0.5) is 29.3 Å². The van der Waals surface area contributed by atoms with Crippen LogP contribution in [0.3, 0.4) is 0 Å². The third kappa shape index (κ3) is 5.09. The number of aromatic nitrogens is 1. The van der Waals surface area contributed by atoms with E-state index in [4.69, 9.17) is 22.1 Å². The second-order valence-corrected chi connectivity index (χ2v) is 6.80. The number of hydrogen-bond acceptors (Lipinski definition) is 4. The summed E-state index contributed by atoms with van der Waals surface area (Å²) in [5.41, 5.74) is 4.65. The van der Waals surface area contributed by atoms with Crippen LogP contribution in [0.5, 0.6) is 11.5 Å². The monoisotopic (exact) mass is 464 g/mol. The topological polar surface area (TPSA) is 97.5 Å². The number of carbonyl (C=O) groups excluding carboxylic acids is 2. The van der Waals surface area contributed by atoms with Crippen molar-refractivity contribution in [2.45, 2.75) is 6.18 Å². The first-order valence-electron chi connectivity index (χ1n) is 9.02. The van der Waals surface area contributed by atoms with Gasteiger partial charge >= 0.3 is 12.2 Å². The maximum absolute atomic E-state index is 13.2. The van der Waals surface area contributed by atoms with Crippen LogP contribution >= 0.6 is 11.6 Å². The fourth-order valence-corrected chi connectivity index (χ4v) is 3.00. The molecule has 0 bridgehead atoms. The highest BCUT2D eigenvalue weighted by Crippen LogP contribution is 2.38. The van der Waals surface area contributed by atoms with Crippen molar-refractivity contribution in [1.29, 1.82) is 0 Å². The summed E-state index contributed by atoms with van der Waals surface area (Å²) in [5, 5.41) is 1.96. The molecule has 0 aliphatic heterocycles. The molecule has 0 fully saturated rings. The quantitative estimate of drug-likeness (QED) is 0.547. The molecule has 0 spiro atoms. The molecule has 32 heavy (non-hydrogen) atoms. The summed E-state index contributed by atoms with van der Waals surface area (Å²) >= 11 is 5.65. The molecular weight excluding hydrogens is 449 g/mol. The number of urea groups is 1. The van der Waals surface area contributed by atoms with Crippen LogP contribution in [0.15, 0.2) is 60.8 Å². The number of amides is 3. The number of nitrogens with one attached hydrogen (secondary N) is 1. The molecule has 3 rings (SSSR count). The van der Waals surface area contributed by atoms with E-state index >= 15 is 0 Å². The Hall–Kier alpha value is -3.79. The average Bonchev–Trinajstić information content (AvgIpc) is 2.75. The number of primary amides is 1. The molecule has 1 aromatic heterocycles. The molecule has 3 aromatic rings. The van der Waals surface area contributed by atoms with Gasteiger partial charge in [0.05, 0.1) is 28.2 Å². The predicted molar refractivity (Wildman–Crippen MR) is 112 cm³/mol. The summed E-state index contributed by atoms with van der Waals surface area (Å²) in [6.07, 6.45) is -3.34. The molecule has 0 saturated heterocycles. The van der Waals surface area contributed by atoms with Gasteiger partial charge in [-0.05, 0) is 54.6 Å². The van der Waals surface area contributed by atoms with E-state index in [1.807, 2.05) is 0 Å². The van der Waals surface area contributed by atoms with E-state index in [1.54, 1.807) is 6.07 Å². The van der Waals surface area contributed by atoms with E-state index in [0.29, 0.717) is 11.5 Å². The SMILES string of the molecule is CNC(=O)c1ccc(Oc2ccc(N(C(N)=O)c3ccc(Cl)c(C(F)(F)F)c3)cc2)cn1. The number of nitrogens with zero attached hydrogens (tertiary/aromatic N) is 2. The second kappa shape index (κ2) is 9.15. The third-order valence-corrected chi connectivity index (χ3v) is 4.59. The second-order valence-electron chi connectivity index (χ2n) is 6.39. The zero-order valence-corrected chi connectivity index (χ0v) is 17.2. The Kier molecular flexibility index (Phi) is 6.54. The zero-order valence-electron chi connectivity index (χ0n) is 16.5. The third-order valence-electron chi connectivity index (χ3n) is 4.26. The van der Waals surface area contributed by atoms with E-state index in [-0.39, 0.29) is 23.0 Å². The van der Waals surface area contributed by atoms with Gasteiger partial charge in [0, 0.05) is 7.05 Å². The molecule has 3 N–H and O–H groups in total. The number of pyridine rings is 1. The first-order valence-corrected chi connectivity index (χ1v) is 9.40. The number of rotatable bonds is 5. The molecule has 11 heteroatoms. The van der Waals surface area contributed by atoms with Gasteiger partial charge in [0.2, 0.25) is 0 Å². The maximum Gasteiger partial charge on any atom is 0.417 e. The average molecular weight is 465 g/mol. The van der Waals surface area contributed by atoms with Gasteiger partial charge in [-0.3, -0.25) is 9.69 Å². The molecule has 1 heterocycles. The molecule has 7 nitrogen and oxygen atoms in total. The Balaban J connectivity index is 1.84. The van der Waals surface area contributed by atoms with E-state index in [9.17, 15) is 22.8 Å². The minimum absolute atomic E-state index is 0.100. The van der Waals surface area contributed by atoms with Gasteiger partial charge in [0.15, 0.2) is 0 Å². The number of hydrogen-bond donors (Lipinski definition) is 2. The van der Waals surface area contributed by atoms with Gasteiger partial charge in [0.25, 0.3) is 5.91 Å². The lowest BCUT2D eigenvalue weighted by atomic mass is 10.1. The van der Waals surface area contributed by atoms with Gasteiger partial charge < -0.3 is 15.8 Å². The fourth-order valence-electron chi connectivity index (χ4n) is 2.78. The zero-order chi connectivity index (χ0) is 23.5. The van der Waals surface area contributed by atoms with Crippen molar-refractivity contribution in [2.75, 3.05) is 11.9 Å². The summed E-state index contributed by atoms with van der Waals surface area (Å²) in [6, 6.07) is 11.0. The van der Waals surface area contributed by atoms with Crippen LogP contribution in [0.2, 0.25) is 5.02 Å². The molecule has 0 aliphatic carbocycles. The Bertz CT molecular complexity index is 1140. The van der Waals surface area contributed by atoms with Crippen LogP contribution in [0.1, 0.15) is 16.1 Å². The van der Waals surface area contributed by atoms with E-state index in [1.165, 1.54) is 49.6 Å². The number of halogens is 4. The maximum atomic E-state index is 13.2. The lowest BCUT2D eigenvalue weighted by Gasteiger charge is -2.22. The highest BCUT2D eigenvalue weighted by molar-refractivity contribution is 6.31. The predicted octanol–water partition coefficient (Wildman–Crippen LogP) is 5.12. The van der Waals surface area contributed by atoms with Crippen LogP contribution in [0, 0.1) is 0 Å².